The number of hydrogen-bond acceptors (Lipinski definition) is 4. The molecule has 5 heteroatoms. The summed E-state index contributed by atoms with van der Waals surface area (Å²) in [6.45, 7) is 0.479. The second-order valence-electron chi connectivity index (χ2n) is 4.68. The summed E-state index contributed by atoms with van der Waals surface area (Å²) in [7, 11) is 1.65. The molecule has 0 aliphatic heterocycles. The van der Waals surface area contributed by atoms with Crippen molar-refractivity contribution in [1.82, 2.24) is 9.55 Å². The molecule has 0 amide bonds. The van der Waals surface area contributed by atoms with Crippen molar-refractivity contribution in [2.75, 3.05) is 12.8 Å². The molecule has 0 bridgehead atoms. The van der Waals surface area contributed by atoms with E-state index >= 15 is 0 Å². The van der Waals surface area contributed by atoms with Crippen molar-refractivity contribution in [3.8, 4) is 11.8 Å². The van der Waals surface area contributed by atoms with Crippen molar-refractivity contribution in [3.63, 3.8) is 0 Å². The third-order valence-corrected chi connectivity index (χ3v) is 3.34. The maximum atomic E-state index is 9.07. The topological polar surface area (TPSA) is 76.9 Å². The summed E-state index contributed by atoms with van der Waals surface area (Å²) < 4.78 is 7.09. The first-order valence-corrected chi connectivity index (χ1v) is 6.50. The number of aromatic nitrogens is 2. The van der Waals surface area contributed by atoms with Gasteiger partial charge >= 0.3 is 0 Å². The lowest BCUT2D eigenvalue weighted by molar-refractivity contribution is 0.185. The molecule has 0 spiro atoms. The second kappa shape index (κ2) is 5.27. The van der Waals surface area contributed by atoms with Crippen LogP contribution in [-0.4, -0.2) is 16.7 Å². The molecule has 3 aromatic rings. The molecule has 0 fully saturated rings. The van der Waals surface area contributed by atoms with Crippen LogP contribution >= 0.6 is 0 Å². The highest BCUT2D eigenvalue weighted by molar-refractivity contribution is 5.82. The van der Waals surface area contributed by atoms with Crippen molar-refractivity contribution in [1.29, 1.82) is 5.26 Å². The lowest BCUT2D eigenvalue weighted by atomic mass is 10.1. The van der Waals surface area contributed by atoms with Gasteiger partial charge in [-0.1, -0.05) is 18.2 Å². The van der Waals surface area contributed by atoms with E-state index in [0.717, 1.165) is 22.3 Å². The predicted molar refractivity (Wildman–Crippen MR) is 80.9 cm³/mol. The van der Waals surface area contributed by atoms with Gasteiger partial charge in [0.2, 0.25) is 5.95 Å². The summed E-state index contributed by atoms with van der Waals surface area (Å²) in [4.78, 5) is 4.36. The number of nitrogen functional groups attached to an aromatic ring is 1. The lowest BCUT2D eigenvalue weighted by Gasteiger charge is -2.12. The van der Waals surface area contributed by atoms with E-state index in [2.05, 4.69) is 11.1 Å². The van der Waals surface area contributed by atoms with E-state index < -0.39 is 0 Å². The van der Waals surface area contributed by atoms with Crippen LogP contribution in [0.25, 0.3) is 16.7 Å². The summed E-state index contributed by atoms with van der Waals surface area (Å²) in [5, 5.41) is 9.07. The molecular formula is C16H14N4O. The zero-order valence-corrected chi connectivity index (χ0v) is 11.6. The maximum absolute atomic E-state index is 9.07. The number of imidazole rings is 1. The van der Waals surface area contributed by atoms with Crippen molar-refractivity contribution >= 4 is 17.0 Å². The molecule has 3 rings (SSSR count). The monoisotopic (exact) mass is 278 g/mol. The minimum Gasteiger partial charge on any atom is -0.380 e. The molecule has 2 N–H and O–H groups in total. The number of para-hydroxylation sites is 1. The molecule has 0 saturated heterocycles. The first-order chi connectivity index (χ1) is 10.2. The van der Waals surface area contributed by atoms with E-state index in [4.69, 9.17) is 15.7 Å². The Morgan fingerprint density at radius 1 is 1.29 bits per heavy atom. The molecule has 0 atom stereocenters. The molecule has 0 aliphatic rings. The molecule has 0 saturated carbocycles. The van der Waals surface area contributed by atoms with Gasteiger partial charge in [-0.2, -0.15) is 5.26 Å². The fourth-order valence-corrected chi connectivity index (χ4v) is 2.42. The van der Waals surface area contributed by atoms with Gasteiger partial charge in [0.05, 0.1) is 35.0 Å². The highest BCUT2D eigenvalue weighted by atomic mass is 16.5. The van der Waals surface area contributed by atoms with Crippen LogP contribution in [0.4, 0.5) is 5.95 Å². The van der Waals surface area contributed by atoms with Crippen molar-refractivity contribution in [3.05, 3.63) is 53.6 Å². The van der Waals surface area contributed by atoms with E-state index in [1.165, 1.54) is 0 Å². The largest absolute Gasteiger partial charge is 0.380 e. The molecule has 0 radical (unpaired) electrons. The first-order valence-electron chi connectivity index (χ1n) is 6.50. The minimum atomic E-state index is 0.392. The van der Waals surface area contributed by atoms with Crippen LogP contribution in [0.3, 0.4) is 0 Å². The highest BCUT2D eigenvalue weighted by Crippen LogP contribution is 2.26. The SMILES string of the molecule is COCc1ccccc1-n1c(N)nc2ccc(C#N)cc21. The van der Waals surface area contributed by atoms with Gasteiger partial charge in [-0.3, -0.25) is 4.57 Å². The molecule has 1 heterocycles. The van der Waals surface area contributed by atoms with E-state index in [1.54, 1.807) is 25.3 Å². The highest BCUT2D eigenvalue weighted by Gasteiger charge is 2.13. The molecule has 21 heavy (non-hydrogen) atoms. The van der Waals surface area contributed by atoms with Gasteiger partial charge < -0.3 is 10.5 Å². The van der Waals surface area contributed by atoms with Crippen molar-refractivity contribution in [2.24, 2.45) is 0 Å². The predicted octanol–water partition coefficient (Wildman–Crippen LogP) is 2.63. The number of methoxy groups -OCH3 is 1. The van der Waals surface area contributed by atoms with Crippen LogP contribution in [0, 0.1) is 11.3 Å². The molecular weight excluding hydrogens is 264 g/mol. The maximum Gasteiger partial charge on any atom is 0.205 e. The quantitative estimate of drug-likeness (QED) is 0.799. The Kier molecular flexibility index (Phi) is 3.30. The van der Waals surface area contributed by atoms with Gasteiger partial charge in [-0.25, -0.2) is 4.98 Å². The van der Waals surface area contributed by atoms with Crippen molar-refractivity contribution < 1.29 is 4.74 Å². The van der Waals surface area contributed by atoms with Crippen LogP contribution in [0.5, 0.6) is 0 Å². The summed E-state index contributed by atoms with van der Waals surface area (Å²) in [6.07, 6.45) is 0. The smallest absolute Gasteiger partial charge is 0.205 e. The van der Waals surface area contributed by atoms with Crippen LogP contribution in [0.15, 0.2) is 42.5 Å². The molecule has 2 aromatic carbocycles. The first kappa shape index (κ1) is 13.2. The van der Waals surface area contributed by atoms with Gasteiger partial charge in [0.1, 0.15) is 0 Å². The summed E-state index contributed by atoms with van der Waals surface area (Å²) in [5.41, 5.74) is 10.1. The van der Waals surface area contributed by atoms with Gasteiger partial charge in [-0.05, 0) is 24.3 Å². The number of nitriles is 1. The summed E-state index contributed by atoms with van der Waals surface area (Å²) in [5.74, 6) is 0.392. The Morgan fingerprint density at radius 3 is 2.86 bits per heavy atom. The Labute approximate surface area is 122 Å². The zero-order valence-electron chi connectivity index (χ0n) is 11.6. The van der Waals surface area contributed by atoms with E-state index in [-0.39, 0.29) is 0 Å². The molecule has 0 aliphatic carbocycles. The number of anilines is 1. The number of nitrogens with zero attached hydrogens (tertiary/aromatic N) is 3. The van der Waals surface area contributed by atoms with Gasteiger partial charge in [0.25, 0.3) is 0 Å². The number of nitrogens with two attached hydrogens (primary N) is 1. The average molecular weight is 278 g/mol. The van der Waals surface area contributed by atoms with Crippen LogP contribution in [0.1, 0.15) is 11.1 Å². The Hall–Kier alpha value is -2.84. The summed E-state index contributed by atoms with van der Waals surface area (Å²) >= 11 is 0. The Bertz CT molecular complexity index is 845. The van der Waals surface area contributed by atoms with Gasteiger partial charge in [-0.15, -0.1) is 0 Å². The van der Waals surface area contributed by atoms with Crippen LogP contribution in [-0.2, 0) is 11.3 Å². The number of hydrogen-bond donors (Lipinski definition) is 1. The Morgan fingerprint density at radius 2 is 2.10 bits per heavy atom. The fourth-order valence-electron chi connectivity index (χ4n) is 2.42. The minimum absolute atomic E-state index is 0.392. The molecule has 5 nitrogen and oxygen atoms in total. The molecule has 104 valence electrons. The van der Waals surface area contributed by atoms with Crippen molar-refractivity contribution in [2.45, 2.75) is 6.61 Å². The average Bonchev–Trinajstić information content (AvgIpc) is 2.83. The number of ether oxygens (including phenoxy) is 1. The second-order valence-corrected chi connectivity index (χ2v) is 4.68. The van der Waals surface area contributed by atoms with Crippen LogP contribution in [0.2, 0.25) is 0 Å². The summed E-state index contributed by atoms with van der Waals surface area (Å²) in [6, 6.07) is 15.3. The van der Waals surface area contributed by atoms with Gasteiger partial charge in [0, 0.05) is 12.7 Å². The van der Waals surface area contributed by atoms with E-state index in [1.807, 2.05) is 28.8 Å². The number of benzene rings is 2. The normalized spacial score (nSPS) is 10.7. The fraction of sp³-hybridized carbons (Fsp3) is 0.125. The lowest BCUT2D eigenvalue weighted by Crippen LogP contribution is -2.04. The standard InChI is InChI=1S/C16H14N4O/c1-21-10-12-4-2-3-5-14(12)20-15-8-11(9-17)6-7-13(15)19-16(20)18/h2-8H,10H2,1H3,(H2,18,19). The Balaban J connectivity index is 2.30. The van der Waals surface area contributed by atoms with E-state index in [0.29, 0.717) is 18.1 Å². The van der Waals surface area contributed by atoms with Crippen LogP contribution < -0.4 is 5.73 Å². The third kappa shape index (κ3) is 2.22. The van der Waals surface area contributed by atoms with E-state index in [9.17, 15) is 0 Å². The number of fused-ring (bicyclic) bond motifs is 1. The molecule has 0 unspecified atom stereocenters. The van der Waals surface area contributed by atoms with Gasteiger partial charge in [0.15, 0.2) is 0 Å². The number of rotatable bonds is 3. The molecule has 1 aromatic heterocycles. The zero-order chi connectivity index (χ0) is 14.8. The third-order valence-electron chi connectivity index (χ3n) is 3.34.